The van der Waals surface area contributed by atoms with Gasteiger partial charge >= 0.3 is 5.97 Å². The first-order valence-electron chi connectivity index (χ1n) is 10.2. The summed E-state index contributed by atoms with van der Waals surface area (Å²) in [6, 6.07) is -0.359. The number of carbonyl (C=O) groups is 2. The van der Waals surface area contributed by atoms with Gasteiger partial charge in [-0.1, -0.05) is 41.0 Å². The van der Waals surface area contributed by atoms with Crippen LogP contribution in [0, 0.1) is 22.7 Å². The molecule has 2 saturated carbocycles. The number of hydrogen-bond acceptors (Lipinski definition) is 3. The molecule has 3 aliphatic rings. The average Bonchev–Trinajstić information content (AvgIpc) is 3.18. The Hall–Kier alpha value is -1.06. The van der Waals surface area contributed by atoms with Gasteiger partial charge in [-0.15, -0.1) is 0 Å². The van der Waals surface area contributed by atoms with E-state index in [0.717, 1.165) is 32.1 Å². The maximum absolute atomic E-state index is 12.9. The van der Waals surface area contributed by atoms with E-state index in [9.17, 15) is 9.59 Å². The molecule has 2 aliphatic carbocycles. The van der Waals surface area contributed by atoms with E-state index >= 15 is 0 Å². The topological polar surface area (TPSA) is 46.6 Å². The third-order valence-electron chi connectivity index (χ3n) is 8.04. The number of carbonyl (C=O) groups excluding carboxylic acids is 2. The van der Waals surface area contributed by atoms with Gasteiger partial charge in [0.05, 0.1) is 0 Å². The van der Waals surface area contributed by atoms with E-state index in [0.29, 0.717) is 24.8 Å². The van der Waals surface area contributed by atoms with Crippen LogP contribution in [0.15, 0.2) is 0 Å². The summed E-state index contributed by atoms with van der Waals surface area (Å²) in [5, 5.41) is 0. The third-order valence-corrected chi connectivity index (χ3v) is 8.04. The number of rotatable bonds is 5. The van der Waals surface area contributed by atoms with Crippen molar-refractivity contribution < 1.29 is 14.3 Å². The van der Waals surface area contributed by atoms with Crippen molar-refractivity contribution in [3.05, 3.63) is 0 Å². The van der Waals surface area contributed by atoms with Crippen LogP contribution in [0.1, 0.15) is 79.6 Å². The van der Waals surface area contributed by atoms with Gasteiger partial charge in [-0.3, -0.25) is 4.79 Å². The Morgan fingerprint density at radius 2 is 1.96 bits per heavy atom. The van der Waals surface area contributed by atoms with E-state index in [-0.39, 0.29) is 34.9 Å². The Morgan fingerprint density at radius 3 is 2.52 bits per heavy atom. The van der Waals surface area contributed by atoms with Crippen LogP contribution in [-0.2, 0) is 14.3 Å². The highest BCUT2D eigenvalue weighted by Gasteiger charge is 2.63. The Morgan fingerprint density at radius 1 is 1.24 bits per heavy atom. The van der Waals surface area contributed by atoms with Crippen molar-refractivity contribution in [2.75, 3.05) is 6.54 Å². The summed E-state index contributed by atoms with van der Waals surface area (Å²) < 4.78 is 6.05. The predicted octanol–water partition coefficient (Wildman–Crippen LogP) is 4.17. The predicted molar refractivity (Wildman–Crippen MR) is 97.9 cm³/mol. The van der Waals surface area contributed by atoms with Gasteiger partial charge in [0.2, 0.25) is 5.91 Å². The summed E-state index contributed by atoms with van der Waals surface area (Å²) in [5.41, 5.74) is 0.317. The van der Waals surface area contributed by atoms with E-state index < -0.39 is 0 Å². The van der Waals surface area contributed by atoms with Crippen LogP contribution in [0.2, 0.25) is 0 Å². The van der Waals surface area contributed by atoms with Gasteiger partial charge in [0.25, 0.3) is 0 Å². The number of hydrogen-bond donors (Lipinski definition) is 0. The summed E-state index contributed by atoms with van der Waals surface area (Å²) in [4.78, 5) is 27.3. The molecular weight excluding hydrogens is 314 g/mol. The second kappa shape index (κ2) is 6.59. The monoisotopic (exact) mass is 349 g/mol. The molecule has 0 aromatic heterocycles. The summed E-state index contributed by atoms with van der Waals surface area (Å²) in [5.74, 6) is 0.981. The number of likely N-dealkylation sites (tertiary alicyclic amines) is 1. The lowest BCUT2D eigenvalue weighted by Crippen LogP contribution is -2.45. The van der Waals surface area contributed by atoms with E-state index in [1.165, 1.54) is 6.42 Å². The molecule has 3 fully saturated rings. The molecule has 0 aromatic carbocycles. The van der Waals surface area contributed by atoms with Crippen molar-refractivity contribution >= 4 is 11.9 Å². The van der Waals surface area contributed by atoms with Crippen molar-refractivity contribution in [1.82, 2.24) is 4.90 Å². The van der Waals surface area contributed by atoms with Crippen LogP contribution in [0.5, 0.6) is 0 Å². The summed E-state index contributed by atoms with van der Waals surface area (Å²) in [7, 11) is 0. The van der Waals surface area contributed by atoms with E-state index in [2.05, 4.69) is 34.6 Å². The largest absolute Gasteiger partial charge is 0.460 e. The first-order valence-corrected chi connectivity index (χ1v) is 10.2. The molecular formula is C21H35NO3. The molecule has 1 amide bonds. The Kier molecular flexibility index (Phi) is 4.93. The zero-order valence-electron chi connectivity index (χ0n) is 16.6. The molecule has 3 rings (SSSR count). The molecule has 0 radical (unpaired) electrons. The van der Waals surface area contributed by atoms with Crippen molar-refractivity contribution in [1.29, 1.82) is 0 Å². The number of amides is 1. The van der Waals surface area contributed by atoms with Crippen LogP contribution < -0.4 is 0 Å². The zero-order valence-corrected chi connectivity index (χ0v) is 16.6. The molecule has 1 heterocycles. The molecule has 1 aliphatic heterocycles. The van der Waals surface area contributed by atoms with Gasteiger partial charge in [-0.2, -0.15) is 0 Å². The minimum atomic E-state index is -0.359. The van der Waals surface area contributed by atoms with Crippen LogP contribution in [0.3, 0.4) is 0 Å². The Labute approximate surface area is 152 Å². The third kappa shape index (κ3) is 3.00. The van der Waals surface area contributed by atoms with Gasteiger partial charge < -0.3 is 9.64 Å². The molecule has 0 N–H and O–H groups in total. The summed E-state index contributed by atoms with van der Waals surface area (Å²) in [6.45, 7) is 11.8. The normalized spacial score (nSPS) is 37.3. The fourth-order valence-electron chi connectivity index (χ4n) is 5.40. The lowest BCUT2D eigenvalue weighted by Gasteiger charge is -2.39. The molecule has 2 bridgehead atoms. The molecule has 4 nitrogen and oxygen atoms in total. The smallest absolute Gasteiger partial charge is 0.329 e. The van der Waals surface area contributed by atoms with E-state index in [4.69, 9.17) is 4.74 Å². The molecule has 25 heavy (non-hydrogen) atoms. The number of ether oxygens (including phenoxy) is 1. The van der Waals surface area contributed by atoms with Gasteiger partial charge in [-0.25, -0.2) is 4.79 Å². The van der Waals surface area contributed by atoms with Gasteiger partial charge in [-0.05, 0) is 49.4 Å². The lowest BCUT2D eigenvalue weighted by atomic mass is 9.70. The maximum Gasteiger partial charge on any atom is 0.329 e. The summed E-state index contributed by atoms with van der Waals surface area (Å²) in [6.07, 6.45) is 6.58. The first kappa shape index (κ1) is 18.7. The summed E-state index contributed by atoms with van der Waals surface area (Å²) >= 11 is 0. The van der Waals surface area contributed by atoms with Crippen LogP contribution >= 0.6 is 0 Å². The SMILES string of the molecule is CCC(C)CC(=O)N1CCCC1C(=O)OC1CC2CCC1(C)C2(C)C. The number of nitrogens with zero attached hydrogens (tertiary/aromatic N) is 1. The minimum absolute atomic E-state index is 0.0147. The number of esters is 1. The molecule has 5 unspecified atom stereocenters. The number of fused-ring (bicyclic) bond motifs is 2. The van der Waals surface area contributed by atoms with Crippen molar-refractivity contribution in [2.45, 2.75) is 91.7 Å². The van der Waals surface area contributed by atoms with E-state index in [1.54, 1.807) is 4.90 Å². The fraction of sp³-hybridized carbons (Fsp3) is 0.905. The molecule has 0 spiro atoms. The zero-order chi connectivity index (χ0) is 18.4. The van der Waals surface area contributed by atoms with Gasteiger partial charge in [0.15, 0.2) is 0 Å². The highest BCUT2D eigenvalue weighted by atomic mass is 16.5. The van der Waals surface area contributed by atoms with Gasteiger partial charge in [0, 0.05) is 18.4 Å². The highest BCUT2D eigenvalue weighted by Crippen LogP contribution is 2.66. The molecule has 0 aromatic rings. The highest BCUT2D eigenvalue weighted by molar-refractivity contribution is 5.85. The Balaban J connectivity index is 1.64. The van der Waals surface area contributed by atoms with Crippen LogP contribution in [0.4, 0.5) is 0 Å². The first-order chi connectivity index (χ1) is 11.7. The molecule has 1 saturated heterocycles. The minimum Gasteiger partial charge on any atom is -0.460 e. The van der Waals surface area contributed by atoms with Crippen molar-refractivity contribution in [3.8, 4) is 0 Å². The van der Waals surface area contributed by atoms with Gasteiger partial charge in [0.1, 0.15) is 12.1 Å². The van der Waals surface area contributed by atoms with Crippen LogP contribution in [0.25, 0.3) is 0 Å². The average molecular weight is 350 g/mol. The lowest BCUT2D eigenvalue weighted by molar-refractivity contribution is -0.165. The standard InChI is InChI=1S/C21H35NO3/c1-6-14(2)12-18(23)22-11-7-8-16(22)19(24)25-17-13-15-9-10-21(17,5)20(15,3)4/h14-17H,6-13H2,1-5H3. The fourth-order valence-corrected chi connectivity index (χ4v) is 5.40. The molecule has 142 valence electrons. The quantitative estimate of drug-likeness (QED) is 0.700. The second-order valence-corrected chi connectivity index (χ2v) is 9.50. The maximum atomic E-state index is 12.9. The van der Waals surface area contributed by atoms with Crippen LogP contribution in [-0.4, -0.2) is 35.5 Å². The second-order valence-electron chi connectivity index (χ2n) is 9.50. The molecule has 5 atom stereocenters. The van der Waals surface area contributed by atoms with Crippen molar-refractivity contribution in [2.24, 2.45) is 22.7 Å². The Bertz CT molecular complexity index is 543. The van der Waals surface area contributed by atoms with Crippen molar-refractivity contribution in [3.63, 3.8) is 0 Å². The molecule has 4 heteroatoms. The van der Waals surface area contributed by atoms with E-state index in [1.807, 2.05) is 0 Å².